The smallest absolute Gasteiger partial charge is 0.337 e. The zero-order valence-electron chi connectivity index (χ0n) is 11.9. The van der Waals surface area contributed by atoms with E-state index in [4.69, 9.17) is 0 Å². The number of ether oxygens (including phenoxy) is 1. The van der Waals surface area contributed by atoms with Crippen molar-refractivity contribution in [2.45, 2.75) is 18.7 Å². The van der Waals surface area contributed by atoms with Crippen molar-refractivity contribution in [1.29, 1.82) is 0 Å². The number of hydrogen-bond acceptors (Lipinski definition) is 4. The van der Waals surface area contributed by atoms with Crippen molar-refractivity contribution in [3.63, 3.8) is 0 Å². The Morgan fingerprint density at radius 3 is 2.55 bits per heavy atom. The lowest BCUT2D eigenvalue weighted by Gasteiger charge is -2.20. The number of likely N-dealkylation sites (N-methyl/N-ethyl adjacent to an activating group) is 1. The van der Waals surface area contributed by atoms with Gasteiger partial charge in [0.2, 0.25) is 10.0 Å². The lowest BCUT2D eigenvalue weighted by molar-refractivity contribution is 0.0600. The molecule has 0 amide bonds. The Balaban J connectivity index is 3.20. The summed E-state index contributed by atoms with van der Waals surface area (Å²) in [6.07, 6.45) is 0. The van der Waals surface area contributed by atoms with E-state index >= 15 is 0 Å². The molecule has 0 aliphatic heterocycles. The zero-order chi connectivity index (χ0) is 15.3. The molecule has 1 aromatic carbocycles. The Hall–Kier alpha value is -1.66. The van der Waals surface area contributed by atoms with Gasteiger partial charge >= 0.3 is 5.97 Å². The van der Waals surface area contributed by atoms with Crippen LogP contribution in [-0.2, 0) is 14.8 Å². The maximum absolute atomic E-state index is 12.5. The second-order valence-corrected chi connectivity index (χ2v) is 6.35. The summed E-state index contributed by atoms with van der Waals surface area (Å²) in [6, 6.07) is 5.82. The Morgan fingerprint density at radius 1 is 1.40 bits per heavy atom. The molecule has 0 N–H and O–H groups in total. The summed E-state index contributed by atoms with van der Waals surface area (Å²) < 4.78 is 30.9. The van der Waals surface area contributed by atoms with Crippen LogP contribution in [0, 0.1) is 0 Å². The molecule has 1 rings (SSSR count). The fraction of sp³-hybridized carbons (Fsp3) is 0.357. The minimum Gasteiger partial charge on any atom is -0.465 e. The number of esters is 1. The van der Waals surface area contributed by atoms with Gasteiger partial charge in [0.15, 0.2) is 0 Å². The average molecular weight is 297 g/mol. The third-order valence-corrected chi connectivity index (χ3v) is 4.61. The molecule has 0 unspecified atom stereocenters. The molecular formula is C14H19NO4S. The van der Waals surface area contributed by atoms with E-state index in [1.807, 2.05) is 0 Å². The fourth-order valence-electron chi connectivity index (χ4n) is 1.72. The van der Waals surface area contributed by atoms with Crippen LogP contribution >= 0.6 is 0 Å². The molecule has 0 radical (unpaired) electrons. The molecular weight excluding hydrogens is 278 g/mol. The van der Waals surface area contributed by atoms with Gasteiger partial charge in [-0.05, 0) is 25.1 Å². The number of carbonyl (C=O) groups is 1. The highest BCUT2D eigenvalue weighted by Gasteiger charge is 2.23. The standard InChI is InChI=1S/C14H19NO4S/c1-5-15(10-11(2)3)20(17,18)13-8-6-7-12(9-13)14(16)19-4/h6-9H,2,5,10H2,1,3-4H3. The van der Waals surface area contributed by atoms with Gasteiger partial charge in [-0.1, -0.05) is 25.1 Å². The first-order valence-electron chi connectivity index (χ1n) is 6.15. The monoisotopic (exact) mass is 297 g/mol. The first-order valence-corrected chi connectivity index (χ1v) is 7.59. The van der Waals surface area contributed by atoms with Crippen LogP contribution in [0.4, 0.5) is 0 Å². The van der Waals surface area contributed by atoms with E-state index in [0.29, 0.717) is 6.54 Å². The third-order valence-electron chi connectivity index (χ3n) is 2.69. The molecule has 1 aromatic rings. The molecule has 0 fully saturated rings. The summed E-state index contributed by atoms with van der Waals surface area (Å²) >= 11 is 0. The fourth-order valence-corrected chi connectivity index (χ4v) is 3.27. The van der Waals surface area contributed by atoms with Crippen LogP contribution in [0.15, 0.2) is 41.3 Å². The lowest BCUT2D eigenvalue weighted by Crippen LogP contribution is -2.32. The highest BCUT2D eigenvalue weighted by atomic mass is 32.2. The molecule has 0 saturated carbocycles. The minimum absolute atomic E-state index is 0.0727. The van der Waals surface area contributed by atoms with Crippen molar-refractivity contribution in [2.24, 2.45) is 0 Å². The van der Waals surface area contributed by atoms with Gasteiger partial charge in [-0.15, -0.1) is 0 Å². The van der Waals surface area contributed by atoms with E-state index in [1.165, 1.54) is 35.7 Å². The number of nitrogens with zero attached hydrogens (tertiary/aromatic N) is 1. The largest absolute Gasteiger partial charge is 0.465 e. The molecule has 0 bridgehead atoms. The van der Waals surface area contributed by atoms with Gasteiger partial charge in [-0.2, -0.15) is 4.31 Å². The van der Waals surface area contributed by atoms with Crippen LogP contribution in [0.5, 0.6) is 0 Å². The van der Waals surface area contributed by atoms with Gasteiger partial charge in [0.25, 0.3) is 0 Å². The normalized spacial score (nSPS) is 11.4. The van der Waals surface area contributed by atoms with Gasteiger partial charge in [0, 0.05) is 13.1 Å². The summed E-state index contributed by atoms with van der Waals surface area (Å²) in [5.41, 5.74) is 0.958. The highest BCUT2D eigenvalue weighted by Crippen LogP contribution is 2.18. The maximum Gasteiger partial charge on any atom is 0.337 e. The van der Waals surface area contributed by atoms with Gasteiger partial charge in [0.1, 0.15) is 0 Å². The Kier molecular flexibility index (Phi) is 5.47. The van der Waals surface area contributed by atoms with E-state index in [1.54, 1.807) is 13.8 Å². The third kappa shape index (κ3) is 3.68. The van der Waals surface area contributed by atoms with Crippen molar-refractivity contribution in [1.82, 2.24) is 4.31 Å². The first-order chi connectivity index (χ1) is 9.32. The van der Waals surface area contributed by atoms with Gasteiger partial charge in [-0.25, -0.2) is 13.2 Å². The quantitative estimate of drug-likeness (QED) is 0.595. The summed E-state index contributed by atoms with van der Waals surface area (Å²) in [4.78, 5) is 11.5. The van der Waals surface area contributed by atoms with Crippen molar-refractivity contribution in [2.75, 3.05) is 20.2 Å². The van der Waals surface area contributed by atoms with Crippen LogP contribution in [0.25, 0.3) is 0 Å². The van der Waals surface area contributed by atoms with Crippen molar-refractivity contribution in [3.05, 3.63) is 42.0 Å². The molecule has 20 heavy (non-hydrogen) atoms. The Labute approximate surface area is 119 Å². The zero-order valence-corrected chi connectivity index (χ0v) is 12.7. The molecule has 5 nitrogen and oxygen atoms in total. The van der Waals surface area contributed by atoms with Crippen molar-refractivity contribution < 1.29 is 17.9 Å². The second-order valence-electron chi connectivity index (χ2n) is 4.41. The number of hydrogen-bond donors (Lipinski definition) is 0. The SMILES string of the molecule is C=C(C)CN(CC)S(=O)(=O)c1cccc(C(=O)OC)c1. The van der Waals surface area contributed by atoms with Gasteiger partial charge in [-0.3, -0.25) is 0 Å². The molecule has 0 heterocycles. The molecule has 110 valence electrons. The number of rotatable bonds is 6. The molecule has 0 aliphatic carbocycles. The van der Waals surface area contributed by atoms with Crippen LogP contribution < -0.4 is 0 Å². The van der Waals surface area contributed by atoms with Gasteiger partial charge < -0.3 is 4.74 Å². The number of carbonyl (C=O) groups excluding carboxylic acids is 1. The minimum atomic E-state index is -3.65. The summed E-state index contributed by atoms with van der Waals surface area (Å²) in [7, 11) is -2.39. The number of methoxy groups -OCH3 is 1. The average Bonchev–Trinajstić information content (AvgIpc) is 2.43. The van der Waals surface area contributed by atoms with E-state index < -0.39 is 16.0 Å². The van der Waals surface area contributed by atoms with E-state index in [9.17, 15) is 13.2 Å². The topological polar surface area (TPSA) is 63.7 Å². The molecule has 0 aromatic heterocycles. The van der Waals surface area contributed by atoms with Crippen molar-refractivity contribution >= 4 is 16.0 Å². The van der Waals surface area contributed by atoms with Crippen LogP contribution in [0.1, 0.15) is 24.2 Å². The number of sulfonamides is 1. The molecule has 0 aliphatic rings. The summed E-state index contributed by atoms with van der Waals surface area (Å²) in [5, 5.41) is 0. The van der Waals surface area contributed by atoms with Gasteiger partial charge in [0.05, 0.1) is 17.6 Å². The molecule has 0 atom stereocenters. The van der Waals surface area contributed by atoms with Crippen molar-refractivity contribution in [3.8, 4) is 0 Å². The Bertz CT molecular complexity index is 607. The van der Waals surface area contributed by atoms with E-state index in [-0.39, 0.29) is 17.0 Å². The predicted octanol–water partition coefficient (Wildman–Crippen LogP) is 2.06. The molecule has 0 saturated heterocycles. The lowest BCUT2D eigenvalue weighted by atomic mass is 10.2. The summed E-state index contributed by atoms with van der Waals surface area (Å²) in [6.45, 7) is 7.83. The second kappa shape index (κ2) is 6.67. The van der Waals surface area contributed by atoms with E-state index in [0.717, 1.165) is 5.57 Å². The Morgan fingerprint density at radius 2 is 2.05 bits per heavy atom. The maximum atomic E-state index is 12.5. The van der Waals surface area contributed by atoms with Crippen LogP contribution in [-0.4, -0.2) is 38.9 Å². The highest BCUT2D eigenvalue weighted by molar-refractivity contribution is 7.89. The molecule has 0 spiro atoms. The summed E-state index contributed by atoms with van der Waals surface area (Å²) in [5.74, 6) is -0.565. The molecule has 6 heteroatoms. The van der Waals surface area contributed by atoms with Crippen LogP contribution in [0.3, 0.4) is 0 Å². The van der Waals surface area contributed by atoms with E-state index in [2.05, 4.69) is 11.3 Å². The van der Waals surface area contributed by atoms with Crippen LogP contribution in [0.2, 0.25) is 0 Å². The predicted molar refractivity (Wildman–Crippen MR) is 77.0 cm³/mol. The number of benzene rings is 1. The first kappa shape index (κ1) is 16.4.